The fourth-order valence-electron chi connectivity index (χ4n) is 2.70. The number of piperidine rings is 1. The van der Waals surface area contributed by atoms with Crippen LogP contribution in [0.4, 0.5) is 0 Å². The summed E-state index contributed by atoms with van der Waals surface area (Å²) in [4.78, 5) is 29.7. The van der Waals surface area contributed by atoms with Gasteiger partial charge in [0.2, 0.25) is 0 Å². The zero-order chi connectivity index (χ0) is 16.9. The maximum Gasteiger partial charge on any atom is 0.331 e. The summed E-state index contributed by atoms with van der Waals surface area (Å²) in [6.45, 7) is 1.25. The van der Waals surface area contributed by atoms with Gasteiger partial charge in [-0.15, -0.1) is 0 Å². The Hall–Kier alpha value is -2.34. The van der Waals surface area contributed by atoms with Gasteiger partial charge in [0.1, 0.15) is 5.65 Å². The molecule has 3 rings (SSSR count). The van der Waals surface area contributed by atoms with Crippen molar-refractivity contribution in [1.29, 1.82) is 0 Å². The van der Waals surface area contributed by atoms with Crippen LogP contribution in [0.5, 0.6) is 0 Å². The van der Waals surface area contributed by atoms with E-state index >= 15 is 0 Å². The first-order valence-corrected chi connectivity index (χ1v) is 8.28. The number of ether oxygens (including phenoxy) is 1. The van der Waals surface area contributed by atoms with Crippen molar-refractivity contribution in [2.24, 2.45) is 0 Å². The maximum absolute atomic E-state index is 12.0. The highest BCUT2D eigenvalue weighted by molar-refractivity contribution is 6.31. The zero-order valence-electron chi connectivity index (χ0n) is 13.2. The molecule has 0 unspecified atom stereocenters. The van der Waals surface area contributed by atoms with E-state index in [0.29, 0.717) is 16.5 Å². The van der Waals surface area contributed by atoms with Crippen LogP contribution in [0.3, 0.4) is 0 Å². The Kier molecular flexibility index (Phi) is 5.15. The molecular weight excluding hydrogens is 330 g/mol. The summed E-state index contributed by atoms with van der Waals surface area (Å²) in [6, 6.07) is 5.52. The third-order valence-electron chi connectivity index (χ3n) is 3.95. The number of aromatic nitrogens is 2. The highest BCUT2D eigenvalue weighted by Crippen LogP contribution is 2.18. The molecule has 1 amide bonds. The zero-order valence-corrected chi connectivity index (χ0v) is 13.9. The van der Waals surface area contributed by atoms with Gasteiger partial charge in [-0.05, 0) is 37.5 Å². The number of carbonyl (C=O) groups is 2. The van der Waals surface area contributed by atoms with E-state index < -0.39 is 5.97 Å². The molecule has 0 atom stereocenters. The Morgan fingerprint density at radius 1 is 1.25 bits per heavy atom. The third-order valence-corrected chi connectivity index (χ3v) is 4.22. The molecule has 1 saturated heterocycles. The van der Waals surface area contributed by atoms with Crippen molar-refractivity contribution in [3.63, 3.8) is 0 Å². The molecule has 0 bridgehead atoms. The quantitative estimate of drug-likeness (QED) is 0.630. The molecule has 2 aromatic heterocycles. The van der Waals surface area contributed by atoms with Crippen LogP contribution in [0.25, 0.3) is 11.7 Å². The fourth-order valence-corrected chi connectivity index (χ4v) is 2.94. The summed E-state index contributed by atoms with van der Waals surface area (Å²) in [5.74, 6) is -0.730. The van der Waals surface area contributed by atoms with E-state index in [-0.39, 0.29) is 12.5 Å². The molecule has 24 heavy (non-hydrogen) atoms. The van der Waals surface area contributed by atoms with Gasteiger partial charge in [0, 0.05) is 25.4 Å². The molecule has 126 valence electrons. The number of hydrogen-bond acceptors (Lipinski definition) is 4. The lowest BCUT2D eigenvalue weighted by atomic mass is 10.1. The average Bonchev–Trinajstić information content (AvgIpc) is 2.93. The normalized spacial score (nSPS) is 15.1. The predicted molar refractivity (Wildman–Crippen MR) is 90.6 cm³/mol. The molecule has 0 aliphatic carbocycles. The van der Waals surface area contributed by atoms with Crippen LogP contribution in [-0.2, 0) is 14.3 Å². The molecule has 3 heterocycles. The van der Waals surface area contributed by atoms with Crippen molar-refractivity contribution in [2.75, 3.05) is 19.7 Å². The standard InChI is InChI=1S/C17H18ClN3O3/c18-17-13(21-11-5-2-6-14(21)19-17)7-8-16(23)24-12-15(22)20-9-3-1-4-10-20/h2,5-8,11H,1,3-4,9-10,12H2/b8-7+. The topological polar surface area (TPSA) is 63.9 Å². The van der Waals surface area contributed by atoms with Crippen LogP contribution >= 0.6 is 11.6 Å². The van der Waals surface area contributed by atoms with E-state index in [1.807, 2.05) is 18.2 Å². The largest absolute Gasteiger partial charge is 0.452 e. The van der Waals surface area contributed by atoms with Crippen molar-refractivity contribution >= 4 is 35.2 Å². The molecular formula is C17H18ClN3O3. The van der Waals surface area contributed by atoms with Crippen molar-refractivity contribution < 1.29 is 14.3 Å². The molecule has 1 aliphatic heterocycles. The summed E-state index contributed by atoms with van der Waals surface area (Å²) >= 11 is 6.08. The number of fused-ring (bicyclic) bond motifs is 1. The number of carbonyl (C=O) groups excluding carboxylic acids is 2. The number of pyridine rings is 1. The summed E-state index contributed by atoms with van der Waals surface area (Å²) in [5, 5.41) is 0.301. The van der Waals surface area contributed by atoms with Gasteiger partial charge < -0.3 is 9.64 Å². The minimum atomic E-state index is -0.581. The lowest BCUT2D eigenvalue weighted by molar-refractivity contribution is -0.148. The van der Waals surface area contributed by atoms with Crippen LogP contribution in [-0.4, -0.2) is 45.9 Å². The Labute approximate surface area is 144 Å². The van der Waals surface area contributed by atoms with E-state index in [0.717, 1.165) is 32.4 Å². The Morgan fingerprint density at radius 2 is 2.04 bits per heavy atom. The van der Waals surface area contributed by atoms with Gasteiger partial charge in [-0.1, -0.05) is 17.7 Å². The van der Waals surface area contributed by atoms with E-state index in [2.05, 4.69) is 4.98 Å². The van der Waals surface area contributed by atoms with Gasteiger partial charge in [-0.3, -0.25) is 9.20 Å². The van der Waals surface area contributed by atoms with Crippen molar-refractivity contribution in [3.05, 3.63) is 41.3 Å². The summed E-state index contributed by atoms with van der Waals surface area (Å²) < 4.78 is 6.79. The van der Waals surface area contributed by atoms with E-state index in [1.54, 1.807) is 15.5 Å². The summed E-state index contributed by atoms with van der Waals surface area (Å²) in [5.41, 5.74) is 1.28. The highest BCUT2D eigenvalue weighted by atomic mass is 35.5. The van der Waals surface area contributed by atoms with Gasteiger partial charge in [-0.2, -0.15) is 0 Å². The number of likely N-dealkylation sites (tertiary alicyclic amines) is 1. The highest BCUT2D eigenvalue weighted by Gasteiger charge is 2.17. The Morgan fingerprint density at radius 3 is 2.83 bits per heavy atom. The Bertz CT molecular complexity index is 778. The van der Waals surface area contributed by atoms with Gasteiger partial charge in [0.25, 0.3) is 5.91 Å². The molecule has 6 nitrogen and oxygen atoms in total. The van der Waals surface area contributed by atoms with Crippen molar-refractivity contribution in [1.82, 2.24) is 14.3 Å². The number of amides is 1. The molecule has 1 aliphatic rings. The second kappa shape index (κ2) is 7.49. The van der Waals surface area contributed by atoms with E-state index in [4.69, 9.17) is 16.3 Å². The monoisotopic (exact) mass is 347 g/mol. The van der Waals surface area contributed by atoms with Crippen LogP contribution < -0.4 is 0 Å². The van der Waals surface area contributed by atoms with E-state index in [1.165, 1.54) is 12.2 Å². The van der Waals surface area contributed by atoms with Crippen molar-refractivity contribution in [3.8, 4) is 0 Å². The summed E-state index contributed by atoms with van der Waals surface area (Å²) in [6.07, 6.45) is 7.76. The second-order valence-electron chi connectivity index (χ2n) is 5.60. The van der Waals surface area contributed by atoms with Crippen LogP contribution in [0, 0.1) is 0 Å². The number of halogens is 1. The lowest BCUT2D eigenvalue weighted by Gasteiger charge is -2.26. The SMILES string of the molecule is O=C(/C=C/c1c(Cl)nc2ccccn12)OCC(=O)N1CCCCC1. The minimum Gasteiger partial charge on any atom is -0.452 e. The molecule has 1 fully saturated rings. The molecule has 0 saturated carbocycles. The molecule has 7 heteroatoms. The number of rotatable bonds is 4. The van der Waals surface area contributed by atoms with Gasteiger partial charge >= 0.3 is 5.97 Å². The lowest BCUT2D eigenvalue weighted by Crippen LogP contribution is -2.38. The summed E-state index contributed by atoms with van der Waals surface area (Å²) in [7, 11) is 0. The molecule has 0 aromatic carbocycles. The van der Waals surface area contributed by atoms with Gasteiger partial charge in [-0.25, -0.2) is 9.78 Å². The van der Waals surface area contributed by atoms with Crippen molar-refractivity contribution in [2.45, 2.75) is 19.3 Å². The number of imidazole rings is 1. The number of nitrogens with zero attached hydrogens (tertiary/aromatic N) is 3. The molecule has 0 radical (unpaired) electrons. The number of hydrogen-bond donors (Lipinski definition) is 0. The first kappa shape index (κ1) is 16.5. The smallest absolute Gasteiger partial charge is 0.331 e. The fraction of sp³-hybridized carbons (Fsp3) is 0.353. The Balaban J connectivity index is 1.58. The van der Waals surface area contributed by atoms with Gasteiger partial charge in [0.05, 0.1) is 5.69 Å². The average molecular weight is 348 g/mol. The van der Waals surface area contributed by atoms with Crippen LogP contribution in [0.2, 0.25) is 5.15 Å². The first-order chi connectivity index (χ1) is 11.6. The maximum atomic E-state index is 12.0. The predicted octanol–water partition coefficient (Wildman–Crippen LogP) is 2.56. The second-order valence-corrected chi connectivity index (χ2v) is 5.96. The minimum absolute atomic E-state index is 0.149. The molecule has 0 spiro atoms. The first-order valence-electron chi connectivity index (χ1n) is 7.90. The molecule has 2 aromatic rings. The van der Waals surface area contributed by atoms with Crippen LogP contribution in [0.1, 0.15) is 25.0 Å². The van der Waals surface area contributed by atoms with E-state index in [9.17, 15) is 9.59 Å². The molecule has 0 N–H and O–H groups in total. The van der Waals surface area contributed by atoms with Crippen LogP contribution in [0.15, 0.2) is 30.5 Å². The van der Waals surface area contributed by atoms with Gasteiger partial charge in [0.15, 0.2) is 11.8 Å². The third kappa shape index (κ3) is 3.76. The number of esters is 1.